The van der Waals surface area contributed by atoms with Crippen molar-refractivity contribution in [3.05, 3.63) is 40.9 Å². The fraction of sp³-hybridized carbons (Fsp3) is 0.583. The molecule has 0 aliphatic carbocycles. The van der Waals surface area contributed by atoms with Gasteiger partial charge in [0.25, 0.3) is 11.1 Å². The van der Waals surface area contributed by atoms with Crippen molar-refractivity contribution in [1.82, 2.24) is 5.43 Å². The van der Waals surface area contributed by atoms with Gasteiger partial charge in [-0.25, -0.2) is 9.91 Å². The predicted molar refractivity (Wildman–Crippen MR) is 130 cm³/mol. The van der Waals surface area contributed by atoms with Crippen LogP contribution in [-0.2, 0) is 10.9 Å². The molecular weight excluding hydrogens is 465 g/mol. The molecule has 1 unspecified atom stereocenters. The van der Waals surface area contributed by atoms with E-state index in [1.165, 1.54) is 17.8 Å². The first-order valence-corrected chi connectivity index (χ1v) is 12.2. The van der Waals surface area contributed by atoms with E-state index in [0.29, 0.717) is 22.8 Å². The first-order valence-electron chi connectivity index (χ1n) is 11.3. The molecule has 0 spiro atoms. The number of hydrogen-bond acceptors (Lipinski definition) is 5. The third-order valence-corrected chi connectivity index (χ3v) is 6.78. The van der Waals surface area contributed by atoms with Crippen LogP contribution < -0.4 is 10.9 Å². The number of nitrogens with zero attached hydrogens (tertiary/aromatic N) is 2. The van der Waals surface area contributed by atoms with Crippen LogP contribution in [0.3, 0.4) is 0 Å². The number of carbonyl (C=O) groups excluding carboxylic acids is 1. The van der Waals surface area contributed by atoms with Gasteiger partial charge in [0.1, 0.15) is 24.4 Å². The second-order valence-corrected chi connectivity index (χ2v) is 11.6. The molecule has 6 nitrogen and oxygen atoms in total. The van der Waals surface area contributed by atoms with Gasteiger partial charge in [-0.1, -0.05) is 0 Å². The Morgan fingerprint density at radius 2 is 1.91 bits per heavy atom. The lowest BCUT2D eigenvalue weighted by Crippen LogP contribution is -2.60. The van der Waals surface area contributed by atoms with Gasteiger partial charge in [-0.3, -0.25) is 4.79 Å². The summed E-state index contributed by atoms with van der Waals surface area (Å²) in [5.74, 6) is -0.727. The number of quaternary nitrogens is 1. The third kappa shape index (κ3) is 6.02. The molecule has 2 N–H and O–H groups in total. The van der Waals surface area contributed by atoms with Gasteiger partial charge in [0.2, 0.25) is 0 Å². The largest absolute Gasteiger partial charge is 0.416 e. The number of hydrogen-bond donors (Lipinski definition) is 2. The molecule has 188 valence electrons. The van der Waals surface area contributed by atoms with Crippen LogP contribution in [-0.4, -0.2) is 45.9 Å². The molecule has 0 aromatic heterocycles. The Hall–Kier alpha value is -1.88. The number of hydrazine groups is 1. The molecule has 2 heterocycles. The van der Waals surface area contributed by atoms with E-state index in [2.05, 4.69) is 36.6 Å². The number of benzene rings is 1. The molecule has 34 heavy (non-hydrogen) atoms. The smallest absolute Gasteiger partial charge is 0.372 e. The van der Waals surface area contributed by atoms with E-state index in [0.717, 1.165) is 25.0 Å². The van der Waals surface area contributed by atoms with Crippen LogP contribution in [0.25, 0.3) is 0 Å². The van der Waals surface area contributed by atoms with Crippen LogP contribution in [0.2, 0.25) is 0 Å². The molecule has 2 aliphatic rings. The standard InChI is InChI=1S/C24H33F3N4O2S/c1-22(2,3)30-29-19-10-9-16(24(25,26)27)14-18(19)20(32)28-21-31(11-13-34-21,23(4,5)6)15-17-8-7-12-33-17/h9-11,13-14,17,30H,7-8,12,15H2,1-6H3/p+1/t17-,31?/m1/s1. The zero-order chi connectivity index (χ0) is 25.4. The molecule has 0 bridgehead atoms. The first kappa shape index (κ1) is 26.7. The van der Waals surface area contributed by atoms with Gasteiger partial charge in [0.15, 0.2) is 0 Å². The highest BCUT2D eigenvalue weighted by Gasteiger charge is 2.49. The molecule has 0 saturated carbocycles. The quantitative estimate of drug-likeness (QED) is 0.388. The van der Waals surface area contributed by atoms with Crippen molar-refractivity contribution < 1.29 is 27.2 Å². The second kappa shape index (κ2) is 9.64. The number of carbonyl (C=O) groups is 1. The molecular formula is C24H34F3N4O2S+. The highest BCUT2D eigenvalue weighted by molar-refractivity contribution is 8.16. The minimum absolute atomic E-state index is 0.0321. The van der Waals surface area contributed by atoms with Crippen molar-refractivity contribution >= 4 is 28.5 Å². The number of amides is 1. The highest BCUT2D eigenvalue weighted by Crippen LogP contribution is 2.39. The van der Waals surface area contributed by atoms with Gasteiger partial charge in [-0.2, -0.15) is 13.2 Å². The average Bonchev–Trinajstić information content (AvgIpc) is 3.35. The predicted octanol–water partition coefficient (Wildman–Crippen LogP) is 5.93. The van der Waals surface area contributed by atoms with Crippen LogP contribution >= 0.6 is 11.8 Å². The number of rotatable bonds is 5. The number of alkyl halides is 3. The summed E-state index contributed by atoms with van der Waals surface area (Å²) in [6, 6.07) is 3.07. The fourth-order valence-corrected chi connectivity index (χ4v) is 5.03. The monoisotopic (exact) mass is 499 g/mol. The van der Waals surface area contributed by atoms with Crippen molar-refractivity contribution in [3.63, 3.8) is 0 Å². The van der Waals surface area contributed by atoms with Gasteiger partial charge < -0.3 is 10.2 Å². The summed E-state index contributed by atoms with van der Waals surface area (Å²) in [5, 5.41) is 2.42. The Labute approximate surface area is 203 Å². The lowest BCUT2D eigenvalue weighted by atomic mass is 10.0. The minimum Gasteiger partial charge on any atom is -0.372 e. The summed E-state index contributed by atoms with van der Waals surface area (Å²) >= 11 is 1.32. The van der Waals surface area contributed by atoms with E-state index < -0.39 is 17.6 Å². The average molecular weight is 500 g/mol. The van der Waals surface area contributed by atoms with Crippen LogP contribution in [0.15, 0.2) is 34.8 Å². The zero-order valence-corrected chi connectivity index (χ0v) is 21.4. The Balaban J connectivity index is 2.02. The number of aliphatic imine (C=N–C) groups is 1. The molecule has 2 atom stereocenters. The summed E-state index contributed by atoms with van der Waals surface area (Å²) in [4.78, 5) is 17.8. The third-order valence-electron chi connectivity index (χ3n) is 5.89. The van der Waals surface area contributed by atoms with Crippen molar-refractivity contribution in [1.29, 1.82) is 0 Å². The maximum absolute atomic E-state index is 13.4. The minimum atomic E-state index is -4.58. The Morgan fingerprint density at radius 3 is 2.47 bits per heavy atom. The van der Waals surface area contributed by atoms with Gasteiger partial charge in [0, 0.05) is 17.6 Å². The molecule has 0 radical (unpaired) electrons. The molecule has 1 saturated heterocycles. The van der Waals surface area contributed by atoms with Crippen LogP contribution in [0.5, 0.6) is 0 Å². The Kier molecular flexibility index (Phi) is 7.58. The van der Waals surface area contributed by atoms with Gasteiger partial charge in [-0.05, 0) is 84.3 Å². The summed E-state index contributed by atoms with van der Waals surface area (Å²) in [5.41, 5.74) is 4.38. The Morgan fingerprint density at radius 1 is 1.21 bits per heavy atom. The second-order valence-electron chi connectivity index (χ2n) is 10.7. The van der Waals surface area contributed by atoms with Crippen LogP contribution in [0, 0.1) is 0 Å². The molecule has 1 fully saturated rings. The number of nitrogens with one attached hydrogen (secondary N) is 2. The number of halogens is 3. The molecule has 1 aromatic carbocycles. The van der Waals surface area contributed by atoms with E-state index in [-0.39, 0.29) is 28.4 Å². The van der Waals surface area contributed by atoms with Crippen LogP contribution in [0.4, 0.5) is 18.9 Å². The summed E-state index contributed by atoms with van der Waals surface area (Å²) < 4.78 is 46.5. The molecule has 3 rings (SSSR count). The SMILES string of the molecule is CC(C)(C)NNc1ccc(C(F)(F)F)cc1C(=O)N=C1SC=C[N+]1(C[C@H]1CCCO1)C(C)(C)C. The topological polar surface area (TPSA) is 62.7 Å². The zero-order valence-electron chi connectivity index (χ0n) is 20.5. The fourth-order valence-electron chi connectivity index (χ4n) is 3.91. The number of ether oxygens (including phenoxy) is 1. The van der Waals surface area contributed by atoms with E-state index in [4.69, 9.17) is 4.74 Å². The summed E-state index contributed by atoms with van der Waals surface area (Å²) in [6.07, 6.45) is -0.630. The van der Waals surface area contributed by atoms with Crippen LogP contribution in [0.1, 0.15) is 70.3 Å². The first-order chi connectivity index (χ1) is 15.6. The molecule has 1 amide bonds. The number of thioether (sulfide) groups is 1. The van der Waals surface area contributed by atoms with Crippen molar-refractivity contribution in [2.75, 3.05) is 18.6 Å². The highest BCUT2D eigenvalue weighted by atomic mass is 32.2. The molecule has 1 aromatic rings. The maximum atomic E-state index is 13.4. The lowest BCUT2D eigenvalue weighted by Gasteiger charge is -2.43. The molecule has 2 aliphatic heterocycles. The van der Waals surface area contributed by atoms with E-state index in [1.54, 1.807) is 0 Å². The van der Waals surface area contributed by atoms with E-state index >= 15 is 0 Å². The number of anilines is 1. The number of amidine groups is 1. The lowest BCUT2D eigenvalue weighted by molar-refractivity contribution is -0.838. The molecule has 10 heteroatoms. The van der Waals surface area contributed by atoms with Crippen molar-refractivity contribution in [3.8, 4) is 0 Å². The van der Waals surface area contributed by atoms with Gasteiger partial charge >= 0.3 is 6.18 Å². The maximum Gasteiger partial charge on any atom is 0.416 e. The normalized spacial score (nSPS) is 24.7. The van der Waals surface area contributed by atoms with E-state index in [1.807, 2.05) is 32.4 Å². The van der Waals surface area contributed by atoms with Crippen molar-refractivity contribution in [2.24, 2.45) is 4.99 Å². The van der Waals surface area contributed by atoms with E-state index in [9.17, 15) is 18.0 Å². The Bertz CT molecular complexity index is 974. The summed E-state index contributed by atoms with van der Waals surface area (Å²) in [7, 11) is 0. The van der Waals surface area contributed by atoms with Gasteiger partial charge in [-0.15, -0.1) is 4.99 Å². The summed E-state index contributed by atoms with van der Waals surface area (Å²) in [6.45, 7) is 13.2. The van der Waals surface area contributed by atoms with Gasteiger partial charge in [0.05, 0.1) is 16.8 Å². The van der Waals surface area contributed by atoms with Crippen molar-refractivity contribution in [2.45, 2.75) is 77.7 Å².